The van der Waals surface area contributed by atoms with Gasteiger partial charge in [0.05, 0.1) is 0 Å². The maximum Gasteiger partial charge on any atom is 0.339 e. The fourth-order valence-corrected chi connectivity index (χ4v) is 2.13. The average Bonchev–Trinajstić information content (AvgIpc) is 2.41. The maximum absolute atomic E-state index is 11.2. The Kier molecular flexibility index (Phi) is 4.22. The van der Waals surface area contributed by atoms with E-state index in [1.807, 2.05) is 31.2 Å². The van der Waals surface area contributed by atoms with Crippen LogP contribution in [-0.4, -0.2) is 11.1 Å². The molecule has 0 atom stereocenters. The number of carboxylic acid groups (broad SMARTS) is 1. The minimum atomic E-state index is -1.01. The van der Waals surface area contributed by atoms with Crippen molar-refractivity contribution in [3.05, 3.63) is 58.1 Å². The molecule has 0 bridgehead atoms. The van der Waals surface area contributed by atoms with Gasteiger partial charge in [-0.25, -0.2) is 4.79 Å². The number of carboxylic acids is 1. The van der Waals surface area contributed by atoms with Gasteiger partial charge in [-0.15, -0.1) is 0 Å². The van der Waals surface area contributed by atoms with Gasteiger partial charge in [0, 0.05) is 4.47 Å². The number of halogens is 1. The van der Waals surface area contributed by atoms with Gasteiger partial charge >= 0.3 is 5.97 Å². The van der Waals surface area contributed by atoms with E-state index in [1.54, 1.807) is 12.1 Å². The van der Waals surface area contributed by atoms with Crippen molar-refractivity contribution in [2.45, 2.75) is 13.3 Å². The minimum absolute atomic E-state index is 0.139. The lowest BCUT2D eigenvalue weighted by Gasteiger charge is -2.12. The number of hydrogen-bond donors (Lipinski definition) is 1. The molecule has 98 valence electrons. The number of para-hydroxylation sites is 1. The Morgan fingerprint density at radius 3 is 2.63 bits per heavy atom. The highest BCUT2D eigenvalue weighted by Crippen LogP contribution is 2.30. The van der Waals surface area contributed by atoms with Gasteiger partial charge in [0.25, 0.3) is 0 Å². The Hall–Kier alpha value is -1.81. The van der Waals surface area contributed by atoms with E-state index in [0.29, 0.717) is 16.0 Å². The Balaban J connectivity index is 2.41. The zero-order valence-electron chi connectivity index (χ0n) is 10.4. The Labute approximate surface area is 120 Å². The van der Waals surface area contributed by atoms with E-state index in [-0.39, 0.29) is 5.56 Å². The number of aryl methyl sites for hydroxylation is 1. The third kappa shape index (κ3) is 3.15. The largest absolute Gasteiger partial charge is 0.478 e. The highest BCUT2D eigenvalue weighted by Gasteiger charge is 2.13. The highest BCUT2D eigenvalue weighted by atomic mass is 79.9. The van der Waals surface area contributed by atoms with E-state index in [1.165, 1.54) is 6.07 Å². The lowest BCUT2D eigenvalue weighted by atomic mass is 10.1. The second kappa shape index (κ2) is 5.89. The van der Waals surface area contributed by atoms with Crippen molar-refractivity contribution in [3.63, 3.8) is 0 Å². The van der Waals surface area contributed by atoms with Gasteiger partial charge < -0.3 is 9.84 Å². The zero-order chi connectivity index (χ0) is 13.8. The van der Waals surface area contributed by atoms with Gasteiger partial charge in [-0.2, -0.15) is 0 Å². The molecule has 0 amide bonds. The topological polar surface area (TPSA) is 46.5 Å². The van der Waals surface area contributed by atoms with Gasteiger partial charge in [-0.1, -0.05) is 41.1 Å². The number of rotatable bonds is 4. The standard InChI is InChI=1S/C15H13BrO3/c1-2-10-5-3-4-6-13(10)19-14-8-7-11(16)9-12(14)15(17)18/h3-9H,2H2,1H3,(H,17,18). The molecule has 2 aromatic rings. The summed E-state index contributed by atoms with van der Waals surface area (Å²) in [6.07, 6.45) is 0.828. The third-order valence-corrected chi connectivity index (χ3v) is 3.24. The van der Waals surface area contributed by atoms with Gasteiger partial charge in [0.15, 0.2) is 0 Å². The molecule has 0 fully saturated rings. The molecule has 0 aliphatic heterocycles. The summed E-state index contributed by atoms with van der Waals surface area (Å²) in [5.74, 6) is 0.0247. The van der Waals surface area contributed by atoms with Crippen LogP contribution in [0.5, 0.6) is 11.5 Å². The molecule has 0 saturated heterocycles. The molecule has 0 aliphatic carbocycles. The second-order valence-corrected chi connectivity index (χ2v) is 4.92. The molecule has 0 saturated carbocycles. The van der Waals surface area contributed by atoms with Crippen molar-refractivity contribution >= 4 is 21.9 Å². The maximum atomic E-state index is 11.2. The van der Waals surface area contributed by atoms with Gasteiger partial charge in [0.2, 0.25) is 0 Å². The van der Waals surface area contributed by atoms with E-state index in [4.69, 9.17) is 4.74 Å². The number of hydrogen-bond acceptors (Lipinski definition) is 2. The molecule has 0 unspecified atom stereocenters. The summed E-state index contributed by atoms with van der Waals surface area (Å²) >= 11 is 3.26. The van der Waals surface area contributed by atoms with Crippen LogP contribution in [0.1, 0.15) is 22.8 Å². The molecule has 0 heterocycles. The van der Waals surface area contributed by atoms with Crippen molar-refractivity contribution < 1.29 is 14.6 Å². The quantitative estimate of drug-likeness (QED) is 0.902. The molecular formula is C15H13BrO3. The van der Waals surface area contributed by atoms with Crippen LogP contribution in [0.4, 0.5) is 0 Å². The van der Waals surface area contributed by atoms with Crippen LogP contribution in [0.25, 0.3) is 0 Å². The van der Waals surface area contributed by atoms with Crippen molar-refractivity contribution in [2.24, 2.45) is 0 Å². The molecule has 0 spiro atoms. The van der Waals surface area contributed by atoms with Crippen LogP contribution in [0.2, 0.25) is 0 Å². The number of carbonyl (C=O) groups is 1. The predicted molar refractivity (Wildman–Crippen MR) is 77.0 cm³/mol. The zero-order valence-corrected chi connectivity index (χ0v) is 12.0. The summed E-state index contributed by atoms with van der Waals surface area (Å²) in [4.78, 5) is 11.2. The van der Waals surface area contributed by atoms with Crippen LogP contribution in [-0.2, 0) is 6.42 Å². The Morgan fingerprint density at radius 2 is 1.95 bits per heavy atom. The summed E-state index contributed by atoms with van der Waals surface area (Å²) < 4.78 is 6.46. The predicted octanol–water partition coefficient (Wildman–Crippen LogP) is 4.50. The molecular weight excluding hydrogens is 308 g/mol. The van der Waals surface area contributed by atoms with E-state index in [2.05, 4.69) is 15.9 Å². The van der Waals surface area contributed by atoms with Crippen molar-refractivity contribution in [3.8, 4) is 11.5 Å². The highest BCUT2D eigenvalue weighted by molar-refractivity contribution is 9.10. The summed E-state index contributed by atoms with van der Waals surface area (Å²) in [6, 6.07) is 12.6. The fourth-order valence-electron chi connectivity index (χ4n) is 1.77. The first-order valence-electron chi connectivity index (χ1n) is 5.90. The molecule has 0 aliphatic rings. The monoisotopic (exact) mass is 320 g/mol. The summed E-state index contributed by atoms with van der Waals surface area (Å²) in [6.45, 7) is 2.03. The number of aromatic carboxylic acids is 1. The minimum Gasteiger partial charge on any atom is -0.478 e. The average molecular weight is 321 g/mol. The molecule has 2 aromatic carbocycles. The fraction of sp³-hybridized carbons (Fsp3) is 0.133. The molecule has 3 nitrogen and oxygen atoms in total. The second-order valence-electron chi connectivity index (χ2n) is 4.01. The third-order valence-electron chi connectivity index (χ3n) is 2.75. The first-order valence-corrected chi connectivity index (χ1v) is 6.69. The Morgan fingerprint density at radius 1 is 1.21 bits per heavy atom. The summed E-state index contributed by atoms with van der Waals surface area (Å²) in [5, 5.41) is 9.19. The van der Waals surface area contributed by atoms with E-state index >= 15 is 0 Å². The lowest BCUT2D eigenvalue weighted by Crippen LogP contribution is -2.01. The van der Waals surface area contributed by atoms with E-state index in [9.17, 15) is 9.90 Å². The Bertz CT molecular complexity index is 608. The van der Waals surface area contributed by atoms with Crippen LogP contribution >= 0.6 is 15.9 Å². The smallest absolute Gasteiger partial charge is 0.339 e. The summed E-state index contributed by atoms with van der Waals surface area (Å²) in [5.41, 5.74) is 1.18. The first kappa shape index (κ1) is 13.6. The van der Waals surface area contributed by atoms with Gasteiger partial charge in [0.1, 0.15) is 17.1 Å². The van der Waals surface area contributed by atoms with Crippen molar-refractivity contribution in [1.82, 2.24) is 0 Å². The molecule has 4 heteroatoms. The van der Waals surface area contributed by atoms with Crippen LogP contribution in [0, 0.1) is 0 Å². The molecule has 0 radical (unpaired) electrons. The van der Waals surface area contributed by atoms with Crippen molar-refractivity contribution in [1.29, 1.82) is 0 Å². The lowest BCUT2D eigenvalue weighted by molar-refractivity contribution is 0.0694. The normalized spacial score (nSPS) is 10.2. The molecule has 1 N–H and O–H groups in total. The summed E-state index contributed by atoms with van der Waals surface area (Å²) in [7, 11) is 0. The molecule has 2 rings (SSSR count). The number of benzene rings is 2. The van der Waals surface area contributed by atoms with Crippen molar-refractivity contribution in [2.75, 3.05) is 0 Å². The number of ether oxygens (including phenoxy) is 1. The SMILES string of the molecule is CCc1ccccc1Oc1ccc(Br)cc1C(=O)O. The van der Waals surface area contributed by atoms with E-state index in [0.717, 1.165) is 12.0 Å². The van der Waals surface area contributed by atoms with Crippen LogP contribution in [0.3, 0.4) is 0 Å². The van der Waals surface area contributed by atoms with Gasteiger partial charge in [-0.05, 0) is 36.2 Å². The first-order chi connectivity index (χ1) is 9.11. The molecule has 19 heavy (non-hydrogen) atoms. The van der Waals surface area contributed by atoms with E-state index < -0.39 is 5.97 Å². The van der Waals surface area contributed by atoms with Crippen LogP contribution in [0.15, 0.2) is 46.9 Å². The van der Waals surface area contributed by atoms with Crippen LogP contribution < -0.4 is 4.74 Å². The molecule has 0 aromatic heterocycles. The van der Waals surface area contributed by atoms with Gasteiger partial charge in [-0.3, -0.25) is 0 Å².